The molecule has 0 aromatic rings. The summed E-state index contributed by atoms with van der Waals surface area (Å²) in [7, 11) is 0. The molecule has 0 fully saturated rings. The fourth-order valence-electron chi connectivity index (χ4n) is 2.41. The van der Waals surface area contributed by atoms with Crippen LogP contribution < -0.4 is 0 Å². The van der Waals surface area contributed by atoms with Crippen molar-refractivity contribution in [2.45, 2.75) is 41.0 Å². The van der Waals surface area contributed by atoms with E-state index in [1.165, 1.54) is 0 Å². The van der Waals surface area contributed by atoms with Crippen molar-refractivity contribution in [1.82, 2.24) is 0 Å². The lowest BCUT2D eigenvalue weighted by molar-refractivity contribution is 0.140. The van der Waals surface area contributed by atoms with E-state index in [9.17, 15) is 0 Å². The molecule has 0 aromatic carbocycles. The highest BCUT2D eigenvalue weighted by molar-refractivity contribution is 5.22. The zero-order valence-corrected chi connectivity index (χ0v) is 9.59. The lowest BCUT2D eigenvalue weighted by Gasteiger charge is -2.45. The first-order valence-corrected chi connectivity index (χ1v) is 5.25. The second kappa shape index (κ2) is 3.32. The van der Waals surface area contributed by atoms with E-state index in [1.54, 1.807) is 0 Å². The van der Waals surface area contributed by atoms with E-state index in [1.807, 2.05) is 0 Å². The third kappa shape index (κ3) is 1.72. The summed E-state index contributed by atoms with van der Waals surface area (Å²) < 4.78 is 0. The van der Waals surface area contributed by atoms with Gasteiger partial charge < -0.3 is 0 Å². The van der Waals surface area contributed by atoms with E-state index in [4.69, 9.17) is 0 Å². The van der Waals surface area contributed by atoms with E-state index in [2.05, 4.69) is 58.9 Å². The molecule has 0 heterocycles. The van der Waals surface area contributed by atoms with Crippen LogP contribution >= 0.6 is 0 Å². The van der Waals surface area contributed by atoms with Gasteiger partial charge in [0.1, 0.15) is 0 Å². The summed E-state index contributed by atoms with van der Waals surface area (Å²) in [4.78, 5) is 0. The van der Waals surface area contributed by atoms with Crippen LogP contribution in [0.4, 0.5) is 0 Å². The number of rotatable bonds is 1. The van der Waals surface area contributed by atoms with Gasteiger partial charge in [0.15, 0.2) is 0 Å². The van der Waals surface area contributed by atoms with Crippen LogP contribution in [0, 0.1) is 16.7 Å². The summed E-state index contributed by atoms with van der Waals surface area (Å²) in [6.45, 7) is 11.6. The summed E-state index contributed by atoms with van der Waals surface area (Å²) in [5, 5.41) is 0. The molecule has 0 aromatic heterocycles. The summed E-state index contributed by atoms with van der Waals surface area (Å²) in [5.41, 5.74) is 0.569. The first-order chi connectivity index (χ1) is 5.90. The van der Waals surface area contributed by atoms with Gasteiger partial charge in [-0.15, -0.1) is 0 Å². The second-order valence-electron chi connectivity index (χ2n) is 5.38. The van der Waals surface area contributed by atoms with Gasteiger partial charge in [-0.05, 0) is 17.8 Å². The molecule has 13 heavy (non-hydrogen) atoms. The molecule has 74 valence electrons. The minimum atomic E-state index is 0.255. The molecule has 0 nitrogen and oxygen atoms in total. The first kappa shape index (κ1) is 10.6. The Kier molecular flexibility index (Phi) is 2.70. The highest BCUT2D eigenvalue weighted by Crippen LogP contribution is 2.48. The van der Waals surface area contributed by atoms with Crippen LogP contribution in [0.25, 0.3) is 0 Å². The van der Waals surface area contributed by atoms with Crippen molar-refractivity contribution in [3.8, 4) is 0 Å². The molecule has 0 aliphatic heterocycles. The minimum absolute atomic E-state index is 0.255. The molecule has 1 aliphatic rings. The standard InChI is InChI=1S/C13H22/c1-11(2)13(12(3,4)5)9-7-6-8-10-13/h7-11H,6H2,1-5H3. The molecular formula is C13H22. The van der Waals surface area contributed by atoms with Crippen LogP contribution in [-0.4, -0.2) is 0 Å². The van der Waals surface area contributed by atoms with Crippen molar-refractivity contribution in [1.29, 1.82) is 0 Å². The molecule has 0 atom stereocenters. The van der Waals surface area contributed by atoms with Crippen LogP contribution in [0.15, 0.2) is 24.3 Å². The molecule has 0 saturated heterocycles. The Hall–Kier alpha value is -0.520. The molecular weight excluding hydrogens is 156 g/mol. The predicted molar refractivity (Wildman–Crippen MR) is 59.6 cm³/mol. The highest BCUT2D eigenvalue weighted by atomic mass is 14.4. The third-order valence-electron chi connectivity index (χ3n) is 3.31. The summed E-state index contributed by atoms with van der Waals surface area (Å²) >= 11 is 0. The monoisotopic (exact) mass is 178 g/mol. The smallest absolute Gasteiger partial charge is 0.0133 e. The van der Waals surface area contributed by atoms with E-state index >= 15 is 0 Å². The van der Waals surface area contributed by atoms with Gasteiger partial charge in [0.05, 0.1) is 0 Å². The maximum Gasteiger partial charge on any atom is 0.0133 e. The Labute approximate surface area is 82.7 Å². The van der Waals surface area contributed by atoms with Gasteiger partial charge in [-0.1, -0.05) is 58.9 Å². The fourth-order valence-corrected chi connectivity index (χ4v) is 2.41. The number of hydrogen-bond acceptors (Lipinski definition) is 0. The van der Waals surface area contributed by atoms with Gasteiger partial charge in [-0.3, -0.25) is 0 Å². The summed E-state index contributed by atoms with van der Waals surface area (Å²) in [6, 6.07) is 0. The fraction of sp³-hybridized carbons (Fsp3) is 0.692. The number of allylic oxidation sites excluding steroid dienone is 4. The molecule has 0 unspecified atom stereocenters. The van der Waals surface area contributed by atoms with Crippen molar-refractivity contribution in [2.24, 2.45) is 16.7 Å². The molecule has 0 N–H and O–H groups in total. The van der Waals surface area contributed by atoms with E-state index < -0.39 is 0 Å². The van der Waals surface area contributed by atoms with Crippen molar-refractivity contribution in [3.63, 3.8) is 0 Å². The predicted octanol–water partition coefficient (Wildman–Crippen LogP) is 4.19. The van der Waals surface area contributed by atoms with Crippen LogP contribution in [0.1, 0.15) is 41.0 Å². The molecule has 0 saturated carbocycles. The summed E-state index contributed by atoms with van der Waals surface area (Å²) in [5.74, 6) is 0.667. The maximum atomic E-state index is 2.40. The topological polar surface area (TPSA) is 0 Å². The quantitative estimate of drug-likeness (QED) is 0.528. The van der Waals surface area contributed by atoms with E-state index in [0.29, 0.717) is 11.3 Å². The maximum absolute atomic E-state index is 2.40. The van der Waals surface area contributed by atoms with Crippen LogP contribution in [0.2, 0.25) is 0 Å². The molecule has 0 spiro atoms. The lowest BCUT2D eigenvalue weighted by atomic mass is 9.59. The summed E-state index contributed by atoms with van der Waals surface area (Å²) in [6.07, 6.45) is 10.5. The zero-order valence-electron chi connectivity index (χ0n) is 9.59. The van der Waals surface area contributed by atoms with Gasteiger partial charge in [0, 0.05) is 5.41 Å². The molecule has 1 rings (SSSR count). The molecule has 0 bridgehead atoms. The van der Waals surface area contributed by atoms with Crippen LogP contribution in [0.5, 0.6) is 0 Å². The molecule has 1 aliphatic carbocycles. The van der Waals surface area contributed by atoms with Gasteiger partial charge in [0.25, 0.3) is 0 Å². The van der Waals surface area contributed by atoms with Crippen molar-refractivity contribution in [2.75, 3.05) is 0 Å². The lowest BCUT2D eigenvalue weighted by Crippen LogP contribution is -2.37. The van der Waals surface area contributed by atoms with Gasteiger partial charge in [0.2, 0.25) is 0 Å². The average molecular weight is 178 g/mol. The molecule has 0 amide bonds. The van der Waals surface area contributed by atoms with E-state index in [0.717, 1.165) is 6.42 Å². The molecule has 0 radical (unpaired) electrons. The van der Waals surface area contributed by atoms with Crippen molar-refractivity contribution < 1.29 is 0 Å². The van der Waals surface area contributed by atoms with Crippen molar-refractivity contribution in [3.05, 3.63) is 24.3 Å². The Morgan fingerprint density at radius 1 is 1.08 bits per heavy atom. The highest BCUT2D eigenvalue weighted by Gasteiger charge is 2.40. The van der Waals surface area contributed by atoms with Crippen molar-refractivity contribution >= 4 is 0 Å². The minimum Gasteiger partial charge on any atom is -0.0839 e. The average Bonchev–Trinajstić information content (AvgIpc) is 2.03. The second-order valence-corrected chi connectivity index (χ2v) is 5.38. The number of hydrogen-bond donors (Lipinski definition) is 0. The molecule has 0 heteroatoms. The first-order valence-electron chi connectivity index (χ1n) is 5.25. The van der Waals surface area contributed by atoms with Crippen LogP contribution in [0.3, 0.4) is 0 Å². The van der Waals surface area contributed by atoms with Crippen LogP contribution in [-0.2, 0) is 0 Å². The Balaban J connectivity index is 3.08. The Morgan fingerprint density at radius 2 is 1.54 bits per heavy atom. The largest absolute Gasteiger partial charge is 0.0839 e. The van der Waals surface area contributed by atoms with Gasteiger partial charge >= 0.3 is 0 Å². The normalized spacial score (nSPS) is 21.1. The van der Waals surface area contributed by atoms with Gasteiger partial charge in [-0.25, -0.2) is 0 Å². The third-order valence-corrected chi connectivity index (χ3v) is 3.31. The zero-order chi connectivity index (χ0) is 10.1. The Bertz CT molecular complexity index is 211. The van der Waals surface area contributed by atoms with Gasteiger partial charge in [-0.2, -0.15) is 0 Å². The van der Waals surface area contributed by atoms with E-state index in [-0.39, 0.29) is 5.41 Å². The Morgan fingerprint density at radius 3 is 1.77 bits per heavy atom. The SMILES string of the molecule is CC(C)C1(C(C)(C)C)C=CCC=C1.